The van der Waals surface area contributed by atoms with Crippen molar-refractivity contribution in [3.63, 3.8) is 0 Å². The van der Waals surface area contributed by atoms with Gasteiger partial charge in [-0.15, -0.1) is 0 Å². The zero-order valence-corrected chi connectivity index (χ0v) is 20.0. The minimum Gasteiger partial charge on any atom is -0.450 e. The van der Waals surface area contributed by atoms with Gasteiger partial charge < -0.3 is 18.8 Å². The first-order chi connectivity index (χ1) is 16.8. The van der Waals surface area contributed by atoms with Gasteiger partial charge in [-0.2, -0.15) is 0 Å². The van der Waals surface area contributed by atoms with Crippen molar-refractivity contribution < 1.29 is 18.8 Å². The summed E-state index contributed by atoms with van der Waals surface area (Å²) in [4.78, 5) is 13.6. The van der Waals surface area contributed by atoms with Crippen molar-refractivity contribution in [2.24, 2.45) is 0 Å². The predicted molar refractivity (Wildman–Crippen MR) is 133 cm³/mol. The maximum Gasteiger partial charge on any atom is 0.494 e. The monoisotopic (exact) mass is 465 g/mol. The van der Waals surface area contributed by atoms with Gasteiger partial charge in [-0.3, -0.25) is 0 Å². The zero-order valence-electron chi connectivity index (χ0n) is 20.0. The molecule has 8 heteroatoms. The lowest BCUT2D eigenvalue weighted by Gasteiger charge is -2.32. The first-order valence-electron chi connectivity index (χ1n) is 11.5. The van der Waals surface area contributed by atoms with E-state index in [1.54, 1.807) is 0 Å². The number of hydrogen-bond acceptors (Lipinski definition) is 7. The van der Waals surface area contributed by atoms with E-state index in [2.05, 4.69) is 9.97 Å². The Bertz CT molecular complexity index is 1410. The van der Waals surface area contributed by atoms with E-state index < -0.39 is 18.3 Å². The van der Waals surface area contributed by atoms with Crippen LogP contribution >= 0.6 is 0 Å². The number of rotatable bonds is 3. The van der Waals surface area contributed by atoms with Crippen LogP contribution in [-0.4, -0.2) is 33.3 Å². The van der Waals surface area contributed by atoms with E-state index in [1.165, 1.54) is 6.33 Å². The van der Waals surface area contributed by atoms with E-state index in [4.69, 9.17) is 23.8 Å². The van der Waals surface area contributed by atoms with Crippen molar-refractivity contribution in [3.8, 4) is 45.8 Å². The van der Waals surface area contributed by atoms with Gasteiger partial charge in [0.1, 0.15) is 6.33 Å². The van der Waals surface area contributed by atoms with Crippen LogP contribution in [0.15, 0.2) is 73.1 Å². The van der Waals surface area contributed by atoms with Gasteiger partial charge in [0.15, 0.2) is 34.6 Å². The maximum atomic E-state index is 6.32. The number of fused-ring (bicyclic) bond motifs is 2. The van der Waals surface area contributed by atoms with Gasteiger partial charge in [-0.1, -0.05) is 42.5 Å². The molecule has 0 N–H and O–H groups in total. The summed E-state index contributed by atoms with van der Waals surface area (Å²) in [5.41, 5.74) is 1.40. The normalized spacial score (nSPS) is 17.2. The molecule has 0 aliphatic carbocycles. The van der Waals surface area contributed by atoms with Gasteiger partial charge >= 0.3 is 7.12 Å². The molecule has 6 rings (SSSR count). The highest BCUT2D eigenvalue weighted by molar-refractivity contribution is 6.62. The molecule has 35 heavy (non-hydrogen) atoms. The van der Waals surface area contributed by atoms with E-state index >= 15 is 0 Å². The molecule has 1 aromatic heterocycles. The van der Waals surface area contributed by atoms with Gasteiger partial charge in [0.25, 0.3) is 0 Å². The Hall–Kier alpha value is -3.75. The van der Waals surface area contributed by atoms with Crippen LogP contribution < -0.4 is 14.9 Å². The van der Waals surface area contributed by atoms with Crippen LogP contribution in [0.3, 0.4) is 0 Å². The molecule has 174 valence electrons. The topological polar surface area (TPSA) is 75.6 Å². The summed E-state index contributed by atoms with van der Waals surface area (Å²) in [6, 6.07) is 21.2. The molecule has 0 unspecified atom stereocenters. The molecule has 3 aromatic carbocycles. The molecule has 0 radical (unpaired) electrons. The van der Waals surface area contributed by atoms with Crippen LogP contribution in [0.25, 0.3) is 22.8 Å². The fourth-order valence-corrected chi connectivity index (χ4v) is 4.09. The highest BCUT2D eigenvalue weighted by atomic mass is 16.7. The lowest BCUT2D eigenvalue weighted by Crippen LogP contribution is -2.41. The average molecular weight is 465 g/mol. The second-order valence-corrected chi connectivity index (χ2v) is 9.63. The standard InChI is InChI=1S/C27H24BN3O4/c1-26(2)27(3,4)35-28(34-26)18-14-19(23-22(15-18)32-20-12-8-9-13-21(20)33-23)25-30-16-29-24(31-25)17-10-6-5-7-11-17/h5-16H,1-4H3. The van der Waals surface area contributed by atoms with Crippen molar-refractivity contribution in [2.45, 2.75) is 38.9 Å². The molecule has 0 amide bonds. The zero-order chi connectivity index (χ0) is 24.2. The summed E-state index contributed by atoms with van der Waals surface area (Å²) in [5.74, 6) is 3.39. The van der Waals surface area contributed by atoms with Crippen LogP contribution in [0.4, 0.5) is 0 Å². The molecule has 2 aliphatic heterocycles. The summed E-state index contributed by atoms with van der Waals surface area (Å²) in [7, 11) is -0.583. The molecular weight excluding hydrogens is 441 g/mol. The molecule has 0 bridgehead atoms. The van der Waals surface area contributed by atoms with Crippen molar-refractivity contribution in [2.75, 3.05) is 0 Å². The van der Waals surface area contributed by atoms with Crippen LogP contribution in [-0.2, 0) is 9.31 Å². The Morgan fingerprint density at radius 2 is 1.31 bits per heavy atom. The number of hydrogen-bond donors (Lipinski definition) is 0. The number of benzene rings is 3. The molecule has 0 saturated carbocycles. The fraction of sp³-hybridized carbons (Fsp3) is 0.222. The molecule has 1 saturated heterocycles. The molecule has 4 aromatic rings. The van der Waals surface area contributed by atoms with E-state index in [9.17, 15) is 0 Å². The number of aromatic nitrogens is 3. The van der Waals surface area contributed by atoms with Crippen LogP contribution in [0.5, 0.6) is 23.0 Å². The van der Waals surface area contributed by atoms with Crippen molar-refractivity contribution >= 4 is 12.6 Å². The van der Waals surface area contributed by atoms with Crippen LogP contribution in [0.1, 0.15) is 27.7 Å². The van der Waals surface area contributed by atoms with E-state index in [0.717, 1.165) is 11.0 Å². The number of ether oxygens (including phenoxy) is 2. The van der Waals surface area contributed by atoms with Crippen molar-refractivity contribution in [3.05, 3.63) is 73.1 Å². The Kier molecular flexibility index (Phi) is 4.91. The summed E-state index contributed by atoms with van der Waals surface area (Å²) in [6.45, 7) is 8.11. The Balaban J connectivity index is 1.50. The highest BCUT2D eigenvalue weighted by Crippen LogP contribution is 2.49. The smallest absolute Gasteiger partial charge is 0.450 e. The Labute approximate surface area is 204 Å². The quantitative estimate of drug-likeness (QED) is 0.330. The lowest BCUT2D eigenvalue weighted by atomic mass is 9.78. The number of para-hydroxylation sites is 2. The molecule has 2 aliphatic rings. The number of nitrogens with zero attached hydrogens (tertiary/aromatic N) is 3. The Morgan fingerprint density at radius 1 is 0.686 bits per heavy atom. The minimum atomic E-state index is -0.583. The van der Waals surface area contributed by atoms with Gasteiger partial charge in [-0.25, -0.2) is 15.0 Å². The summed E-state index contributed by atoms with van der Waals surface area (Å²) >= 11 is 0. The van der Waals surface area contributed by atoms with Crippen LogP contribution in [0.2, 0.25) is 0 Å². The van der Waals surface area contributed by atoms with Gasteiger partial charge in [0.05, 0.1) is 16.8 Å². The second kappa shape index (κ2) is 7.90. The highest BCUT2D eigenvalue weighted by Gasteiger charge is 2.52. The molecular formula is C27H24BN3O4. The third kappa shape index (κ3) is 3.75. The van der Waals surface area contributed by atoms with Crippen LogP contribution in [0, 0.1) is 0 Å². The largest absolute Gasteiger partial charge is 0.494 e. The summed E-state index contributed by atoms with van der Waals surface area (Å²) < 4.78 is 25.2. The van der Waals surface area contributed by atoms with E-state index in [-0.39, 0.29) is 0 Å². The first kappa shape index (κ1) is 21.8. The third-order valence-electron chi connectivity index (χ3n) is 6.73. The lowest BCUT2D eigenvalue weighted by molar-refractivity contribution is 0.00578. The summed E-state index contributed by atoms with van der Waals surface area (Å²) in [5, 5.41) is 0. The van der Waals surface area contributed by atoms with Gasteiger partial charge in [0, 0.05) is 5.56 Å². The first-order valence-corrected chi connectivity index (χ1v) is 11.5. The summed E-state index contributed by atoms with van der Waals surface area (Å²) in [6.07, 6.45) is 1.51. The molecule has 0 spiro atoms. The van der Waals surface area contributed by atoms with Gasteiger partial charge in [-0.05, 0) is 57.4 Å². The molecule has 0 atom stereocenters. The SMILES string of the molecule is CC1(C)OB(c2cc3c(c(-c4ncnc(-c5ccccc5)n4)c2)Oc2ccccc2O3)OC1(C)C. The van der Waals surface area contributed by atoms with Crippen molar-refractivity contribution in [1.29, 1.82) is 0 Å². The van der Waals surface area contributed by atoms with E-state index in [0.29, 0.717) is 40.2 Å². The second-order valence-electron chi connectivity index (χ2n) is 9.63. The molecule has 7 nitrogen and oxygen atoms in total. The molecule has 1 fully saturated rings. The van der Waals surface area contributed by atoms with E-state index in [1.807, 2.05) is 94.4 Å². The third-order valence-corrected chi connectivity index (χ3v) is 6.73. The molecule has 3 heterocycles. The Morgan fingerprint density at radius 3 is 2.03 bits per heavy atom. The van der Waals surface area contributed by atoms with Crippen molar-refractivity contribution in [1.82, 2.24) is 15.0 Å². The average Bonchev–Trinajstić information content (AvgIpc) is 3.09. The minimum absolute atomic E-state index is 0.469. The fourth-order valence-electron chi connectivity index (χ4n) is 4.09. The maximum absolute atomic E-state index is 6.32. The van der Waals surface area contributed by atoms with Gasteiger partial charge in [0.2, 0.25) is 0 Å². The predicted octanol–water partition coefficient (Wildman–Crippen LogP) is 5.40.